The van der Waals surface area contributed by atoms with Crippen LogP contribution in [0.2, 0.25) is 0 Å². The van der Waals surface area contributed by atoms with Crippen LogP contribution in [0, 0.1) is 24.7 Å². The molecule has 2 saturated carbocycles. The van der Waals surface area contributed by atoms with Crippen molar-refractivity contribution in [1.82, 2.24) is 4.98 Å². The number of unbranched alkanes of at least 4 members (excludes halogenated alkanes) is 3. The summed E-state index contributed by atoms with van der Waals surface area (Å²) in [7, 11) is 0. The first-order valence-corrected chi connectivity index (χ1v) is 23.7. The topological polar surface area (TPSA) is 178 Å². The van der Waals surface area contributed by atoms with Gasteiger partial charge in [0.15, 0.2) is 0 Å². The van der Waals surface area contributed by atoms with Crippen molar-refractivity contribution < 1.29 is 52.4 Å². The zero-order chi connectivity index (χ0) is 47.0. The standard InChI is InChI=1S/C52H55N3O11S/c1-3-47(56)62-31-9-5-4-8-30-61-40-24-26-42(27-25-40)64-49(58)36-16-18-37(19-17-36)50(59)65-43-28-29-45(39(32-43)33-53-55-52-54-44-10-6-7-11-46(44)67-52)66-51(60)38-20-22-41(23-21-38)63-48(57)35-14-12-34(2)13-15-35/h3,6-7,10-15,24-29,32-33,36-38,41H,1,4-5,8-9,16-23,30-31H2,2H3,(H,54,55)/b53-33+. The second kappa shape index (κ2) is 24.1. The molecule has 0 aliphatic heterocycles. The van der Waals surface area contributed by atoms with Gasteiger partial charge in [0.1, 0.15) is 29.1 Å². The van der Waals surface area contributed by atoms with Gasteiger partial charge in [-0.05, 0) is 151 Å². The van der Waals surface area contributed by atoms with Crippen LogP contribution in [0.25, 0.3) is 10.2 Å². The summed E-state index contributed by atoms with van der Waals surface area (Å²) in [6, 6.07) is 26.6. The molecule has 7 rings (SSSR count). The average molecular weight is 930 g/mol. The Morgan fingerprint density at radius 3 is 1.97 bits per heavy atom. The Morgan fingerprint density at radius 1 is 0.701 bits per heavy atom. The summed E-state index contributed by atoms with van der Waals surface area (Å²) in [5.41, 5.74) is 5.73. The molecule has 0 amide bonds. The second-order valence-corrected chi connectivity index (χ2v) is 17.7. The lowest BCUT2D eigenvalue weighted by atomic mass is 9.82. The van der Waals surface area contributed by atoms with E-state index in [0.29, 0.717) is 92.3 Å². The van der Waals surface area contributed by atoms with E-state index in [9.17, 15) is 24.0 Å². The quantitative estimate of drug-likeness (QED) is 0.0195. The van der Waals surface area contributed by atoms with Gasteiger partial charge in [0.05, 0.1) is 53.0 Å². The van der Waals surface area contributed by atoms with Crippen LogP contribution in [0.4, 0.5) is 5.13 Å². The van der Waals surface area contributed by atoms with Crippen molar-refractivity contribution in [3.63, 3.8) is 0 Å². The van der Waals surface area contributed by atoms with E-state index >= 15 is 0 Å². The number of aryl methyl sites for hydroxylation is 1. The molecule has 0 bridgehead atoms. The summed E-state index contributed by atoms with van der Waals surface area (Å²) < 4.78 is 35.0. The Kier molecular flexibility index (Phi) is 17.3. The molecule has 0 saturated heterocycles. The maximum atomic E-state index is 13.5. The average Bonchev–Trinajstić information content (AvgIpc) is 3.77. The number of fused-ring (bicyclic) bond motifs is 1. The van der Waals surface area contributed by atoms with Crippen LogP contribution in [-0.4, -0.2) is 60.4 Å². The molecule has 4 aromatic carbocycles. The number of hydrazone groups is 1. The molecule has 2 fully saturated rings. The Labute approximate surface area is 393 Å². The van der Waals surface area contributed by atoms with Gasteiger partial charge in [-0.1, -0.05) is 47.7 Å². The molecule has 0 radical (unpaired) electrons. The Bertz CT molecular complexity index is 2490. The number of anilines is 1. The van der Waals surface area contributed by atoms with Crippen molar-refractivity contribution in [3.05, 3.63) is 120 Å². The van der Waals surface area contributed by atoms with Gasteiger partial charge in [0.2, 0.25) is 5.13 Å². The minimum atomic E-state index is -0.420. The Balaban J connectivity index is 0.886. The number of esters is 5. The summed E-state index contributed by atoms with van der Waals surface area (Å²) in [4.78, 5) is 68.4. The monoisotopic (exact) mass is 929 g/mol. The maximum Gasteiger partial charge on any atom is 0.338 e. The molecule has 1 N–H and O–H groups in total. The third-order valence-electron chi connectivity index (χ3n) is 11.8. The van der Waals surface area contributed by atoms with Gasteiger partial charge in [-0.15, -0.1) is 0 Å². The second-order valence-electron chi connectivity index (χ2n) is 16.7. The van der Waals surface area contributed by atoms with Crippen molar-refractivity contribution in [2.24, 2.45) is 22.9 Å². The van der Waals surface area contributed by atoms with Crippen LogP contribution in [-0.2, 0) is 28.7 Å². The smallest absolute Gasteiger partial charge is 0.338 e. The summed E-state index contributed by atoms with van der Waals surface area (Å²) >= 11 is 1.44. The maximum absolute atomic E-state index is 13.5. The number of nitrogens with one attached hydrogen (secondary N) is 1. The molecule has 0 spiro atoms. The van der Waals surface area contributed by atoms with Crippen LogP contribution in [0.5, 0.6) is 23.0 Å². The predicted molar refractivity (Wildman–Crippen MR) is 254 cm³/mol. The molecule has 350 valence electrons. The molecule has 67 heavy (non-hydrogen) atoms. The number of carbonyl (C=O) groups is 5. The Morgan fingerprint density at radius 2 is 1.30 bits per heavy atom. The van der Waals surface area contributed by atoms with Gasteiger partial charge >= 0.3 is 29.8 Å². The number of aromatic nitrogens is 1. The lowest BCUT2D eigenvalue weighted by molar-refractivity contribution is -0.145. The molecule has 2 aliphatic rings. The summed E-state index contributed by atoms with van der Waals surface area (Å²) in [6.45, 7) is 6.25. The minimum absolute atomic E-state index is 0.239. The molecule has 0 unspecified atom stereocenters. The number of ether oxygens (including phenoxy) is 6. The fourth-order valence-electron chi connectivity index (χ4n) is 7.93. The number of benzene rings is 4. The Hall–Kier alpha value is -6.87. The number of thiazole rings is 1. The molecule has 5 aromatic rings. The highest BCUT2D eigenvalue weighted by atomic mass is 32.1. The van der Waals surface area contributed by atoms with E-state index in [2.05, 4.69) is 22.1 Å². The first kappa shape index (κ1) is 48.1. The van der Waals surface area contributed by atoms with Crippen molar-refractivity contribution in [2.45, 2.75) is 90.1 Å². The number of para-hydroxylation sites is 1. The first-order valence-electron chi connectivity index (χ1n) is 22.8. The molecule has 15 heteroatoms. The number of carbonyl (C=O) groups excluding carboxylic acids is 5. The molecule has 0 atom stereocenters. The van der Waals surface area contributed by atoms with E-state index in [1.807, 2.05) is 43.3 Å². The van der Waals surface area contributed by atoms with Gasteiger partial charge in [-0.2, -0.15) is 5.10 Å². The fraction of sp³-hybridized carbons (Fsp3) is 0.365. The fourth-order valence-corrected chi connectivity index (χ4v) is 8.74. The highest BCUT2D eigenvalue weighted by Crippen LogP contribution is 2.34. The molecule has 1 aromatic heterocycles. The molecular formula is C52H55N3O11S. The summed E-state index contributed by atoms with van der Waals surface area (Å²) in [6.07, 6.45) is 9.75. The molecular weight excluding hydrogens is 875 g/mol. The zero-order valence-electron chi connectivity index (χ0n) is 37.5. The number of hydrogen-bond acceptors (Lipinski definition) is 15. The van der Waals surface area contributed by atoms with Gasteiger partial charge in [-0.3, -0.25) is 19.8 Å². The van der Waals surface area contributed by atoms with E-state index in [4.69, 9.17) is 28.4 Å². The van der Waals surface area contributed by atoms with Crippen molar-refractivity contribution in [3.8, 4) is 23.0 Å². The largest absolute Gasteiger partial charge is 0.494 e. The van der Waals surface area contributed by atoms with Crippen molar-refractivity contribution in [1.29, 1.82) is 0 Å². The lowest BCUT2D eigenvalue weighted by Crippen LogP contribution is -2.30. The van der Waals surface area contributed by atoms with E-state index in [1.54, 1.807) is 54.6 Å². The number of rotatable bonds is 20. The molecule has 1 heterocycles. The SMILES string of the molecule is C=CC(=O)OCCCCCCOc1ccc(OC(=O)C2CCC(C(=O)Oc3ccc(OC(=O)C4CCC(OC(=O)c5ccc(C)cc5)CC4)c(/C=N/Nc4nc5ccccc5s4)c3)CC2)cc1. The lowest BCUT2D eigenvalue weighted by Gasteiger charge is -2.27. The van der Waals surface area contributed by atoms with E-state index in [-0.39, 0.29) is 35.5 Å². The highest BCUT2D eigenvalue weighted by molar-refractivity contribution is 7.22. The molecule has 14 nitrogen and oxygen atoms in total. The first-order chi connectivity index (χ1) is 32.6. The van der Waals surface area contributed by atoms with Crippen molar-refractivity contribution in [2.75, 3.05) is 18.6 Å². The van der Waals surface area contributed by atoms with Crippen LogP contribution >= 0.6 is 11.3 Å². The summed E-state index contributed by atoms with van der Waals surface area (Å²) in [5.74, 6) is -1.56. The minimum Gasteiger partial charge on any atom is -0.494 e. The predicted octanol–water partition coefficient (Wildman–Crippen LogP) is 10.4. The van der Waals surface area contributed by atoms with E-state index in [1.165, 1.54) is 17.6 Å². The van der Waals surface area contributed by atoms with E-state index < -0.39 is 29.7 Å². The summed E-state index contributed by atoms with van der Waals surface area (Å²) in [5, 5.41) is 4.96. The van der Waals surface area contributed by atoms with E-state index in [0.717, 1.165) is 47.5 Å². The van der Waals surface area contributed by atoms with Crippen LogP contribution < -0.4 is 24.4 Å². The zero-order valence-corrected chi connectivity index (χ0v) is 38.3. The van der Waals surface area contributed by atoms with Crippen LogP contribution in [0.1, 0.15) is 98.5 Å². The van der Waals surface area contributed by atoms with Gasteiger partial charge < -0.3 is 28.4 Å². The highest BCUT2D eigenvalue weighted by Gasteiger charge is 2.33. The van der Waals surface area contributed by atoms with Gasteiger partial charge in [-0.25, -0.2) is 14.6 Å². The van der Waals surface area contributed by atoms with Crippen LogP contribution in [0.15, 0.2) is 109 Å². The van der Waals surface area contributed by atoms with Gasteiger partial charge in [0, 0.05) is 11.6 Å². The third-order valence-corrected chi connectivity index (χ3v) is 12.7. The van der Waals surface area contributed by atoms with Crippen molar-refractivity contribution >= 4 is 62.7 Å². The number of hydrogen-bond donors (Lipinski definition) is 1. The molecule has 2 aliphatic carbocycles. The van der Waals surface area contributed by atoms with Gasteiger partial charge in [0.25, 0.3) is 0 Å². The number of nitrogens with zero attached hydrogens (tertiary/aromatic N) is 2. The van der Waals surface area contributed by atoms with Crippen LogP contribution in [0.3, 0.4) is 0 Å². The normalized spacial score (nSPS) is 18.1. The third kappa shape index (κ3) is 14.3.